The van der Waals surface area contributed by atoms with E-state index in [2.05, 4.69) is 30.7 Å². The second kappa shape index (κ2) is 6.81. The van der Waals surface area contributed by atoms with E-state index in [1.165, 1.54) is 0 Å². The molecule has 0 fully saturated rings. The largest absolute Gasteiger partial charge is 0.364 e. The highest BCUT2D eigenvalue weighted by atomic mass is 16.5. The van der Waals surface area contributed by atoms with Crippen molar-refractivity contribution in [2.45, 2.75) is 13.0 Å². The molecule has 2 aromatic heterocycles. The zero-order chi connectivity index (χ0) is 15.2. The van der Waals surface area contributed by atoms with E-state index in [0.717, 1.165) is 16.7 Å². The molecule has 3 aromatic rings. The Morgan fingerprint density at radius 1 is 1.32 bits per heavy atom. The monoisotopic (exact) mass is 300 g/mol. The molecule has 8 nitrogen and oxygen atoms in total. The van der Waals surface area contributed by atoms with Crippen LogP contribution in [0.4, 0.5) is 0 Å². The topological polar surface area (TPSA) is 109 Å². The number of para-hydroxylation sites is 2. The summed E-state index contributed by atoms with van der Waals surface area (Å²) in [5.74, 6) is 0.538. The first kappa shape index (κ1) is 14.2. The lowest BCUT2D eigenvalue weighted by Gasteiger charge is -2.04. The second-order valence-electron chi connectivity index (χ2n) is 4.75. The quantitative estimate of drug-likeness (QED) is 0.590. The third-order valence-corrected chi connectivity index (χ3v) is 3.08. The van der Waals surface area contributed by atoms with Gasteiger partial charge in [0.15, 0.2) is 0 Å². The zero-order valence-electron chi connectivity index (χ0n) is 11.9. The number of carbonyl (C=O) groups is 1. The van der Waals surface area contributed by atoms with Crippen LogP contribution in [0.3, 0.4) is 0 Å². The predicted molar refractivity (Wildman–Crippen MR) is 78.8 cm³/mol. The van der Waals surface area contributed by atoms with Crippen LogP contribution in [0.1, 0.15) is 11.5 Å². The Bertz CT molecular complexity index is 704. The van der Waals surface area contributed by atoms with Crippen molar-refractivity contribution in [3.63, 3.8) is 0 Å². The van der Waals surface area contributed by atoms with Gasteiger partial charge in [-0.15, -0.1) is 0 Å². The highest BCUT2D eigenvalue weighted by Gasteiger charge is 2.05. The van der Waals surface area contributed by atoms with Crippen molar-refractivity contribution in [3.05, 3.63) is 42.0 Å². The minimum absolute atomic E-state index is 0.00411. The molecule has 0 saturated heterocycles. The molecule has 3 N–H and O–H groups in total. The van der Waals surface area contributed by atoms with Crippen molar-refractivity contribution >= 4 is 16.9 Å². The van der Waals surface area contributed by atoms with Crippen LogP contribution >= 0.6 is 0 Å². The number of nitrogens with one attached hydrogen (secondary N) is 3. The molecule has 0 atom stereocenters. The molecule has 0 unspecified atom stereocenters. The van der Waals surface area contributed by atoms with Gasteiger partial charge in [0.25, 0.3) is 0 Å². The number of nitrogens with zero attached hydrogens (tertiary/aromatic N) is 3. The number of benzene rings is 1. The summed E-state index contributed by atoms with van der Waals surface area (Å²) in [5.41, 5.74) is 2.65. The van der Waals surface area contributed by atoms with Crippen LogP contribution in [-0.2, 0) is 22.6 Å². The minimum Gasteiger partial charge on any atom is -0.364 e. The fourth-order valence-corrected chi connectivity index (χ4v) is 2.04. The van der Waals surface area contributed by atoms with E-state index in [9.17, 15) is 4.79 Å². The highest BCUT2D eigenvalue weighted by Crippen LogP contribution is 2.10. The van der Waals surface area contributed by atoms with Gasteiger partial charge in [0.2, 0.25) is 5.91 Å². The SMILES string of the molecule is O=C(COCc1nc2ccccc2[nH]1)NCCc1cn[nH]n1. The molecule has 114 valence electrons. The maximum absolute atomic E-state index is 11.6. The van der Waals surface area contributed by atoms with E-state index in [0.29, 0.717) is 18.8 Å². The van der Waals surface area contributed by atoms with Crippen molar-refractivity contribution in [2.75, 3.05) is 13.2 Å². The van der Waals surface area contributed by atoms with Gasteiger partial charge in [-0.2, -0.15) is 15.4 Å². The summed E-state index contributed by atoms with van der Waals surface area (Å²) >= 11 is 0. The Morgan fingerprint density at radius 3 is 3.05 bits per heavy atom. The average molecular weight is 300 g/mol. The third-order valence-electron chi connectivity index (χ3n) is 3.08. The number of fused-ring (bicyclic) bond motifs is 1. The summed E-state index contributed by atoms with van der Waals surface area (Å²) in [6, 6.07) is 7.73. The second-order valence-corrected chi connectivity index (χ2v) is 4.75. The normalized spacial score (nSPS) is 10.9. The zero-order valence-corrected chi connectivity index (χ0v) is 11.9. The molecule has 0 aliphatic carbocycles. The molecule has 1 aromatic carbocycles. The van der Waals surface area contributed by atoms with Gasteiger partial charge in [-0.25, -0.2) is 4.98 Å². The lowest BCUT2D eigenvalue weighted by Crippen LogP contribution is -2.29. The van der Waals surface area contributed by atoms with Gasteiger partial charge in [-0.3, -0.25) is 4.79 Å². The summed E-state index contributed by atoms with van der Waals surface area (Å²) in [6.07, 6.45) is 2.26. The third kappa shape index (κ3) is 3.67. The number of amides is 1. The molecule has 0 aliphatic heterocycles. The molecular weight excluding hydrogens is 284 g/mol. The molecule has 0 aliphatic rings. The number of rotatable bonds is 7. The van der Waals surface area contributed by atoms with Gasteiger partial charge in [0.05, 0.1) is 22.9 Å². The van der Waals surface area contributed by atoms with Crippen molar-refractivity contribution in [3.8, 4) is 0 Å². The number of aromatic nitrogens is 5. The Hall–Kier alpha value is -2.74. The van der Waals surface area contributed by atoms with Gasteiger partial charge in [-0.1, -0.05) is 12.1 Å². The van der Waals surface area contributed by atoms with Crippen LogP contribution in [0.15, 0.2) is 30.5 Å². The number of carbonyl (C=O) groups excluding carboxylic acids is 1. The number of ether oxygens (including phenoxy) is 1. The van der Waals surface area contributed by atoms with E-state index in [1.54, 1.807) is 6.20 Å². The van der Waals surface area contributed by atoms with Crippen molar-refractivity contribution in [1.82, 2.24) is 30.7 Å². The van der Waals surface area contributed by atoms with Gasteiger partial charge >= 0.3 is 0 Å². The van der Waals surface area contributed by atoms with Crippen LogP contribution in [0.25, 0.3) is 11.0 Å². The molecule has 0 saturated carbocycles. The van der Waals surface area contributed by atoms with Crippen LogP contribution in [0, 0.1) is 0 Å². The van der Waals surface area contributed by atoms with Gasteiger partial charge < -0.3 is 15.0 Å². The fourth-order valence-electron chi connectivity index (χ4n) is 2.04. The molecule has 0 spiro atoms. The van der Waals surface area contributed by atoms with Gasteiger partial charge in [0.1, 0.15) is 19.0 Å². The van der Waals surface area contributed by atoms with Crippen LogP contribution in [0.2, 0.25) is 0 Å². The molecule has 0 radical (unpaired) electrons. The average Bonchev–Trinajstić information content (AvgIpc) is 3.15. The summed E-state index contributed by atoms with van der Waals surface area (Å²) < 4.78 is 5.36. The lowest BCUT2D eigenvalue weighted by molar-refractivity contribution is -0.126. The van der Waals surface area contributed by atoms with Crippen molar-refractivity contribution in [1.29, 1.82) is 0 Å². The maximum Gasteiger partial charge on any atom is 0.246 e. The van der Waals surface area contributed by atoms with Crippen molar-refractivity contribution in [2.24, 2.45) is 0 Å². The first-order valence-corrected chi connectivity index (χ1v) is 6.94. The standard InChI is InChI=1S/C14H16N6O2/c21-14(15-6-5-10-7-16-20-19-10)9-22-8-13-17-11-3-1-2-4-12(11)18-13/h1-4,7H,5-6,8-9H2,(H,15,21)(H,17,18)(H,16,19,20). The van der Waals surface area contributed by atoms with E-state index in [-0.39, 0.29) is 19.1 Å². The predicted octanol–water partition coefficient (Wildman–Crippen LogP) is 0.556. The number of aromatic amines is 2. The molecule has 22 heavy (non-hydrogen) atoms. The maximum atomic E-state index is 11.6. The van der Waals surface area contributed by atoms with Crippen LogP contribution in [0.5, 0.6) is 0 Å². The van der Waals surface area contributed by atoms with E-state index in [1.807, 2.05) is 24.3 Å². The highest BCUT2D eigenvalue weighted by molar-refractivity contribution is 5.77. The van der Waals surface area contributed by atoms with E-state index < -0.39 is 0 Å². The fraction of sp³-hybridized carbons (Fsp3) is 0.286. The number of hydrogen-bond acceptors (Lipinski definition) is 5. The Labute approximate surface area is 126 Å². The van der Waals surface area contributed by atoms with Crippen LogP contribution in [-0.4, -0.2) is 44.4 Å². The summed E-state index contributed by atoms with van der Waals surface area (Å²) in [7, 11) is 0. The summed E-state index contributed by atoms with van der Waals surface area (Å²) in [5, 5.41) is 12.9. The molecule has 1 amide bonds. The smallest absolute Gasteiger partial charge is 0.246 e. The Kier molecular flexibility index (Phi) is 4.40. The number of hydrogen-bond donors (Lipinski definition) is 3. The molecule has 3 rings (SSSR count). The van der Waals surface area contributed by atoms with Crippen molar-refractivity contribution < 1.29 is 9.53 Å². The molecule has 8 heteroatoms. The number of imidazole rings is 1. The molecule has 0 bridgehead atoms. The van der Waals surface area contributed by atoms with E-state index >= 15 is 0 Å². The van der Waals surface area contributed by atoms with Gasteiger partial charge in [-0.05, 0) is 12.1 Å². The molecule has 2 heterocycles. The van der Waals surface area contributed by atoms with E-state index in [4.69, 9.17) is 4.74 Å². The lowest BCUT2D eigenvalue weighted by atomic mass is 10.3. The minimum atomic E-state index is -0.167. The summed E-state index contributed by atoms with van der Waals surface area (Å²) in [4.78, 5) is 19.1. The first-order valence-electron chi connectivity index (χ1n) is 6.94. The Morgan fingerprint density at radius 2 is 2.23 bits per heavy atom. The number of H-pyrrole nitrogens is 2. The Balaban J connectivity index is 1.38. The summed E-state index contributed by atoms with van der Waals surface area (Å²) in [6.45, 7) is 0.764. The molecular formula is C14H16N6O2. The van der Waals surface area contributed by atoms with Gasteiger partial charge in [0, 0.05) is 13.0 Å². The van der Waals surface area contributed by atoms with Crippen LogP contribution < -0.4 is 5.32 Å². The first-order chi connectivity index (χ1) is 10.8.